The summed E-state index contributed by atoms with van der Waals surface area (Å²) in [5.74, 6) is -2.29. The van der Waals surface area contributed by atoms with Gasteiger partial charge in [0.25, 0.3) is 20.0 Å². The van der Waals surface area contributed by atoms with Crippen molar-refractivity contribution < 1.29 is 39.8 Å². The molecular formula is C25H26Br2F2N2O7S2. The van der Waals surface area contributed by atoms with Gasteiger partial charge in [-0.25, -0.2) is 25.6 Å². The van der Waals surface area contributed by atoms with Crippen molar-refractivity contribution in [1.82, 2.24) is 0 Å². The van der Waals surface area contributed by atoms with Gasteiger partial charge in [0.15, 0.2) is 11.6 Å². The molecule has 0 aliphatic heterocycles. The van der Waals surface area contributed by atoms with E-state index in [0.717, 1.165) is 30.3 Å². The van der Waals surface area contributed by atoms with E-state index in [0.29, 0.717) is 8.95 Å². The average molecular weight is 728 g/mol. The third kappa shape index (κ3) is 7.56. The van der Waals surface area contributed by atoms with Crippen LogP contribution in [0.3, 0.4) is 0 Å². The summed E-state index contributed by atoms with van der Waals surface area (Å²) in [4.78, 5) is -1.16. The molecule has 3 rings (SSSR count). The van der Waals surface area contributed by atoms with E-state index < -0.39 is 65.1 Å². The lowest BCUT2D eigenvalue weighted by Crippen LogP contribution is -2.19. The van der Waals surface area contributed by atoms with E-state index in [1.54, 1.807) is 27.7 Å². The van der Waals surface area contributed by atoms with E-state index in [9.17, 15) is 25.6 Å². The Labute approximate surface area is 248 Å². The molecule has 0 saturated carbocycles. The van der Waals surface area contributed by atoms with Gasteiger partial charge in [-0.1, -0.05) is 31.9 Å². The number of hydrogen-bond acceptors (Lipinski definition) is 7. The van der Waals surface area contributed by atoms with Crippen molar-refractivity contribution in [2.75, 3.05) is 16.6 Å². The highest BCUT2D eigenvalue weighted by Crippen LogP contribution is 2.37. The Kier molecular flexibility index (Phi) is 9.96. The molecule has 40 heavy (non-hydrogen) atoms. The Morgan fingerprint density at radius 1 is 0.700 bits per heavy atom. The van der Waals surface area contributed by atoms with Crippen LogP contribution in [0.4, 0.5) is 20.2 Å². The summed E-state index contributed by atoms with van der Waals surface area (Å²) >= 11 is 6.28. The zero-order chi connectivity index (χ0) is 30.0. The zero-order valence-corrected chi connectivity index (χ0v) is 26.7. The molecule has 15 heteroatoms. The van der Waals surface area contributed by atoms with Gasteiger partial charge < -0.3 is 14.2 Å². The molecule has 0 saturated heterocycles. The highest BCUT2D eigenvalue weighted by atomic mass is 79.9. The Bertz CT molecular complexity index is 1630. The van der Waals surface area contributed by atoms with Crippen LogP contribution >= 0.6 is 31.9 Å². The largest absolute Gasteiger partial charge is 0.495 e. The number of benzene rings is 3. The number of anilines is 2. The third-order valence-corrected chi connectivity index (χ3v) is 8.60. The summed E-state index contributed by atoms with van der Waals surface area (Å²) in [7, 11) is -8.03. The van der Waals surface area contributed by atoms with Crippen LogP contribution in [0.25, 0.3) is 0 Å². The van der Waals surface area contributed by atoms with Crippen LogP contribution in [0.1, 0.15) is 27.7 Å². The minimum Gasteiger partial charge on any atom is -0.495 e. The van der Waals surface area contributed by atoms with Gasteiger partial charge in [-0.3, -0.25) is 9.44 Å². The van der Waals surface area contributed by atoms with Crippen LogP contribution in [0.2, 0.25) is 0 Å². The summed E-state index contributed by atoms with van der Waals surface area (Å²) in [5, 5.41) is 0. The molecule has 0 amide bonds. The van der Waals surface area contributed by atoms with E-state index in [1.165, 1.54) is 19.2 Å². The van der Waals surface area contributed by atoms with Gasteiger partial charge in [-0.2, -0.15) is 0 Å². The third-order valence-electron chi connectivity index (χ3n) is 4.97. The van der Waals surface area contributed by atoms with Crippen LogP contribution < -0.4 is 23.7 Å². The second kappa shape index (κ2) is 12.5. The predicted octanol–water partition coefficient (Wildman–Crippen LogP) is 6.67. The normalized spacial score (nSPS) is 12.0. The van der Waals surface area contributed by atoms with Crippen molar-refractivity contribution in [2.45, 2.75) is 49.7 Å². The van der Waals surface area contributed by atoms with Gasteiger partial charge >= 0.3 is 0 Å². The summed E-state index contributed by atoms with van der Waals surface area (Å²) in [6.07, 6.45) is -0.834. The fourth-order valence-corrected chi connectivity index (χ4v) is 6.68. The molecule has 0 heterocycles. The molecule has 2 N–H and O–H groups in total. The van der Waals surface area contributed by atoms with Crippen molar-refractivity contribution in [1.29, 1.82) is 0 Å². The highest BCUT2D eigenvalue weighted by molar-refractivity contribution is 9.10. The Hall–Kier alpha value is -2.62. The molecule has 3 aromatic carbocycles. The predicted molar refractivity (Wildman–Crippen MR) is 154 cm³/mol. The lowest BCUT2D eigenvalue weighted by Gasteiger charge is -2.19. The quantitative estimate of drug-likeness (QED) is 0.226. The first-order valence-electron chi connectivity index (χ1n) is 11.6. The SMILES string of the molecule is COc1ccc(S(=O)(=O)Nc2c(F)cc(Br)cc2OC(C)C)cc1S(=O)(=O)Nc1c(F)cc(Br)cc1OC(C)C. The van der Waals surface area contributed by atoms with Gasteiger partial charge in [-0.15, -0.1) is 0 Å². The zero-order valence-electron chi connectivity index (χ0n) is 21.9. The first-order chi connectivity index (χ1) is 18.5. The summed E-state index contributed by atoms with van der Waals surface area (Å²) < 4.78 is 104. The lowest BCUT2D eigenvalue weighted by molar-refractivity contribution is 0.242. The van der Waals surface area contributed by atoms with Gasteiger partial charge in [0.1, 0.15) is 33.5 Å². The molecule has 0 radical (unpaired) electrons. The highest BCUT2D eigenvalue weighted by Gasteiger charge is 2.28. The fraction of sp³-hybridized carbons (Fsp3) is 0.280. The van der Waals surface area contributed by atoms with E-state index in [-0.39, 0.29) is 17.2 Å². The standard InChI is InChI=1S/C25H26Br2F2N2O7S2/c1-13(2)37-21-10-15(26)8-18(28)24(21)30-39(32,33)17-6-7-20(36-5)23(12-17)40(34,35)31-25-19(29)9-16(27)11-22(25)38-14(3)4/h6-14,30-31H,1-5H3. The smallest absolute Gasteiger partial charge is 0.265 e. The summed E-state index contributed by atoms with van der Waals surface area (Å²) in [6, 6.07) is 7.84. The van der Waals surface area contributed by atoms with Gasteiger partial charge in [0.2, 0.25) is 0 Å². The number of rotatable bonds is 11. The van der Waals surface area contributed by atoms with Crippen molar-refractivity contribution in [2.24, 2.45) is 0 Å². The van der Waals surface area contributed by atoms with E-state index in [1.807, 2.05) is 0 Å². The van der Waals surface area contributed by atoms with E-state index in [4.69, 9.17) is 14.2 Å². The molecule has 0 aliphatic carbocycles. The number of sulfonamides is 2. The molecule has 0 aliphatic rings. The van der Waals surface area contributed by atoms with Crippen LogP contribution in [0.15, 0.2) is 61.2 Å². The minimum atomic E-state index is -4.65. The second-order valence-corrected chi connectivity index (χ2v) is 14.0. The molecule has 0 bridgehead atoms. The Morgan fingerprint density at radius 3 is 1.57 bits per heavy atom. The van der Waals surface area contributed by atoms with Crippen LogP contribution in [-0.2, 0) is 20.0 Å². The van der Waals surface area contributed by atoms with Crippen molar-refractivity contribution in [3.63, 3.8) is 0 Å². The molecule has 0 fully saturated rings. The molecular weight excluding hydrogens is 702 g/mol. The number of hydrogen-bond donors (Lipinski definition) is 2. The van der Waals surface area contributed by atoms with Crippen molar-refractivity contribution in [3.05, 3.63) is 63.0 Å². The summed E-state index contributed by atoms with van der Waals surface area (Å²) in [6.45, 7) is 6.70. The van der Waals surface area contributed by atoms with Crippen LogP contribution in [0.5, 0.6) is 17.2 Å². The second-order valence-electron chi connectivity index (χ2n) is 8.88. The van der Waals surface area contributed by atoms with Crippen molar-refractivity contribution >= 4 is 63.3 Å². The average Bonchev–Trinajstić information content (AvgIpc) is 2.82. The lowest BCUT2D eigenvalue weighted by atomic mass is 10.3. The van der Waals surface area contributed by atoms with Crippen molar-refractivity contribution in [3.8, 4) is 17.2 Å². The minimum absolute atomic E-state index is 0.0862. The van der Waals surface area contributed by atoms with Gasteiger partial charge in [-0.05, 0) is 70.2 Å². The Morgan fingerprint density at radius 2 is 1.15 bits per heavy atom. The van der Waals surface area contributed by atoms with E-state index >= 15 is 0 Å². The van der Waals surface area contributed by atoms with Crippen LogP contribution in [0, 0.1) is 11.6 Å². The molecule has 0 unspecified atom stereocenters. The van der Waals surface area contributed by atoms with Gasteiger partial charge in [0.05, 0.1) is 24.2 Å². The first-order valence-corrected chi connectivity index (χ1v) is 16.1. The molecule has 0 aromatic heterocycles. The number of ether oxygens (including phenoxy) is 3. The maximum atomic E-state index is 14.9. The molecule has 218 valence electrons. The number of halogens is 4. The maximum absolute atomic E-state index is 14.9. The van der Waals surface area contributed by atoms with Crippen LogP contribution in [-0.4, -0.2) is 36.2 Å². The fourth-order valence-electron chi connectivity index (χ4n) is 3.41. The molecule has 3 aromatic rings. The number of nitrogens with one attached hydrogen (secondary N) is 2. The topological polar surface area (TPSA) is 120 Å². The molecule has 9 nitrogen and oxygen atoms in total. The van der Waals surface area contributed by atoms with Gasteiger partial charge in [0, 0.05) is 8.95 Å². The monoisotopic (exact) mass is 726 g/mol. The summed E-state index contributed by atoms with van der Waals surface area (Å²) in [5.41, 5.74) is -0.958. The maximum Gasteiger partial charge on any atom is 0.265 e. The van der Waals surface area contributed by atoms with E-state index in [2.05, 4.69) is 41.3 Å². The first kappa shape index (κ1) is 31.9. The number of methoxy groups -OCH3 is 1. The molecule has 0 atom stereocenters. The Balaban J connectivity index is 2.09. The molecule has 0 spiro atoms.